The topological polar surface area (TPSA) is 84.2 Å². The predicted octanol–water partition coefficient (Wildman–Crippen LogP) is 5.57. The number of carbonyl (C=O) groups is 1. The molecule has 0 atom stereocenters. The van der Waals surface area contributed by atoms with Crippen molar-refractivity contribution in [3.8, 4) is 22.5 Å². The van der Waals surface area contributed by atoms with E-state index in [2.05, 4.69) is 46.0 Å². The number of nitrogens with one attached hydrogen (secondary N) is 2. The van der Waals surface area contributed by atoms with Crippen LogP contribution in [0.2, 0.25) is 0 Å². The number of nitrogens with zero attached hydrogens (tertiary/aromatic N) is 4. The first-order chi connectivity index (χ1) is 17.5. The molecular weight excluding hydrogens is 448 g/mol. The average Bonchev–Trinajstić information content (AvgIpc) is 3.61. The van der Waals surface area contributed by atoms with Gasteiger partial charge in [-0.05, 0) is 43.0 Å². The van der Waals surface area contributed by atoms with Crippen molar-refractivity contribution in [1.82, 2.24) is 24.7 Å². The molecule has 5 aromatic rings. The van der Waals surface area contributed by atoms with Crippen LogP contribution in [-0.4, -0.2) is 37.8 Å². The van der Waals surface area contributed by atoms with E-state index >= 15 is 0 Å². The summed E-state index contributed by atoms with van der Waals surface area (Å²) in [6, 6.07) is 18.2. The Morgan fingerprint density at radius 1 is 1.03 bits per heavy atom. The van der Waals surface area contributed by atoms with Gasteiger partial charge in [-0.1, -0.05) is 44.2 Å². The quantitative estimate of drug-likeness (QED) is 0.321. The summed E-state index contributed by atoms with van der Waals surface area (Å²) in [5.74, 6) is 1.18. The number of carbonyl (C=O) groups excluding carboxylic acids is 1. The lowest BCUT2D eigenvalue weighted by Crippen LogP contribution is -2.25. The first-order valence-electron chi connectivity index (χ1n) is 12.4. The number of fused-ring (bicyclic) bond motifs is 2. The zero-order chi connectivity index (χ0) is 24.6. The minimum absolute atomic E-state index is 0.0161. The smallest absolute Gasteiger partial charge is 0.251 e. The second kappa shape index (κ2) is 9.07. The fraction of sp³-hybridized carbons (Fsp3) is 0.241. The van der Waals surface area contributed by atoms with Crippen LogP contribution < -0.4 is 10.6 Å². The fourth-order valence-electron chi connectivity index (χ4n) is 4.26. The lowest BCUT2D eigenvalue weighted by Gasteiger charge is -2.13. The van der Waals surface area contributed by atoms with Crippen LogP contribution in [-0.2, 0) is 0 Å². The van der Waals surface area contributed by atoms with Crippen LogP contribution in [0.25, 0.3) is 39.1 Å². The first-order valence-corrected chi connectivity index (χ1v) is 12.4. The van der Waals surface area contributed by atoms with Gasteiger partial charge in [0.25, 0.3) is 5.91 Å². The van der Waals surface area contributed by atoms with Crippen LogP contribution in [0.3, 0.4) is 0 Å². The molecule has 1 aliphatic rings. The van der Waals surface area contributed by atoms with E-state index in [1.165, 1.54) is 0 Å². The number of benzene rings is 2. The number of para-hydroxylation sites is 1. The number of pyridine rings is 1. The molecule has 0 bridgehead atoms. The van der Waals surface area contributed by atoms with E-state index in [1.54, 1.807) is 0 Å². The van der Waals surface area contributed by atoms with E-state index in [1.807, 2.05) is 61.1 Å². The van der Waals surface area contributed by atoms with Crippen molar-refractivity contribution >= 4 is 28.3 Å². The lowest BCUT2D eigenvalue weighted by molar-refractivity contribution is 0.0951. The summed E-state index contributed by atoms with van der Waals surface area (Å²) in [5.41, 5.74) is 6.05. The molecular formula is C29H28N6O. The van der Waals surface area contributed by atoms with Crippen LogP contribution in [0.15, 0.2) is 73.2 Å². The third-order valence-corrected chi connectivity index (χ3v) is 6.41. The Labute approximate surface area is 209 Å². The number of anilines is 1. The summed E-state index contributed by atoms with van der Waals surface area (Å²) in [5, 5.41) is 7.59. The summed E-state index contributed by atoms with van der Waals surface area (Å²) in [4.78, 5) is 26.7. The van der Waals surface area contributed by atoms with Gasteiger partial charge >= 0.3 is 0 Å². The molecule has 6 rings (SSSR count). The third-order valence-electron chi connectivity index (χ3n) is 6.41. The highest BCUT2D eigenvalue weighted by Crippen LogP contribution is 2.29. The minimum Gasteiger partial charge on any atom is -0.367 e. The summed E-state index contributed by atoms with van der Waals surface area (Å²) >= 11 is 0. The predicted molar refractivity (Wildman–Crippen MR) is 143 cm³/mol. The van der Waals surface area contributed by atoms with Gasteiger partial charge in [0, 0.05) is 47.1 Å². The highest BCUT2D eigenvalue weighted by atomic mass is 16.1. The van der Waals surface area contributed by atoms with Gasteiger partial charge in [-0.15, -0.1) is 0 Å². The van der Waals surface area contributed by atoms with Gasteiger partial charge in [-0.3, -0.25) is 14.2 Å². The van der Waals surface area contributed by atoms with Crippen LogP contribution in [0.5, 0.6) is 0 Å². The van der Waals surface area contributed by atoms with E-state index in [0.717, 1.165) is 64.3 Å². The maximum absolute atomic E-state index is 12.4. The molecule has 7 heteroatoms. The molecule has 3 aromatic heterocycles. The molecule has 1 saturated carbocycles. The Morgan fingerprint density at radius 3 is 2.61 bits per heavy atom. The molecule has 0 aliphatic heterocycles. The van der Waals surface area contributed by atoms with E-state index in [9.17, 15) is 4.79 Å². The summed E-state index contributed by atoms with van der Waals surface area (Å²) in [6.07, 6.45) is 7.88. The number of hydrogen-bond acceptors (Lipinski definition) is 5. The zero-order valence-electron chi connectivity index (χ0n) is 20.4. The molecule has 0 saturated heterocycles. The average molecular weight is 477 g/mol. The monoisotopic (exact) mass is 476 g/mol. The van der Waals surface area contributed by atoms with Crippen LogP contribution in [0.4, 0.5) is 5.82 Å². The van der Waals surface area contributed by atoms with E-state index in [-0.39, 0.29) is 5.91 Å². The maximum atomic E-state index is 12.4. The standard InChI is InChI=1S/C29H28N6O/c1-18(2)14-31-27-28-32-16-26(19-7-9-20(10-8-19)29(36)33-23-11-12-23)35(28)17-25(34-27)22-13-21-5-3-4-6-24(21)30-15-22/h3-10,13,15-18,23H,11-12,14H2,1-2H3,(H,31,34)(H,33,36). The normalized spacial score (nSPS) is 13.4. The Morgan fingerprint density at radius 2 is 1.83 bits per heavy atom. The second-order valence-corrected chi connectivity index (χ2v) is 9.83. The van der Waals surface area contributed by atoms with E-state index in [4.69, 9.17) is 9.97 Å². The van der Waals surface area contributed by atoms with Crippen molar-refractivity contribution in [2.45, 2.75) is 32.7 Å². The zero-order valence-corrected chi connectivity index (χ0v) is 20.4. The minimum atomic E-state index is -0.0161. The summed E-state index contributed by atoms with van der Waals surface area (Å²) in [7, 11) is 0. The Bertz CT molecular complexity index is 1570. The largest absolute Gasteiger partial charge is 0.367 e. The van der Waals surface area contributed by atoms with Crippen molar-refractivity contribution in [3.05, 3.63) is 78.8 Å². The van der Waals surface area contributed by atoms with Gasteiger partial charge in [-0.25, -0.2) is 9.97 Å². The highest BCUT2D eigenvalue weighted by molar-refractivity contribution is 5.95. The number of rotatable bonds is 7. The van der Waals surface area contributed by atoms with Crippen LogP contribution in [0, 0.1) is 5.92 Å². The molecule has 1 amide bonds. The molecule has 2 N–H and O–H groups in total. The molecule has 180 valence electrons. The molecule has 2 aromatic carbocycles. The molecule has 36 heavy (non-hydrogen) atoms. The van der Waals surface area contributed by atoms with Crippen molar-refractivity contribution in [1.29, 1.82) is 0 Å². The van der Waals surface area contributed by atoms with Gasteiger partial charge in [0.1, 0.15) is 0 Å². The highest BCUT2D eigenvalue weighted by Gasteiger charge is 2.23. The van der Waals surface area contributed by atoms with Crippen LogP contribution in [0.1, 0.15) is 37.0 Å². The molecule has 0 radical (unpaired) electrons. The fourth-order valence-corrected chi connectivity index (χ4v) is 4.26. The van der Waals surface area contributed by atoms with Crippen molar-refractivity contribution < 1.29 is 4.79 Å². The maximum Gasteiger partial charge on any atom is 0.251 e. The number of hydrogen-bond donors (Lipinski definition) is 2. The van der Waals surface area contributed by atoms with Crippen molar-refractivity contribution in [3.63, 3.8) is 0 Å². The second-order valence-electron chi connectivity index (χ2n) is 9.83. The van der Waals surface area contributed by atoms with Crippen LogP contribution >= 0.6 is 0 Å². The van der Waals surface area contributed by atoms with Gasteiger partial charge in [-0.2, -0.15) is 0 Å². The Balaban J connectivity index is 1.42. The third kappa shape index (κ3) is 4.40. The van der Waals surface area contributed by atoms with Gasteiger partial charge in [0.05, 0.1) is 23.1 Å². The van der Waals surface area contributed by atoms with Gasteiger partial charge < -0.3 is 10.6 Å². The van der Waals surface area contributed by atoms with E-state index < -0.39 is 0 Å². The SMILES string of the molecule is CC(C)CNc1nc(-c2cnc3ccccc3c2)cn2c(-c3ccc(C(=O)NC4CC4)cc3)cnc12. The van der Waals surface area contributed by atoms with E-state index in [0.29, 0.717) is 17.5 Å². The van der Waals surface area contributed by atoms with Gasteiger partial charge in [0.2, 0.25) is 0 Å². The lowest BCUT2D eigenvalue weighted by atomic mass is 10.1. The Kier molecular flexibility index (Phi) is 5.60. The first kappa shape index (κ1) is 22.2. The number of amides is 1. The summed E-state index contributed by atoms with van der Waals surface area (Å²) < 4.78 is 2.07. The molecule has 1 fully saturated rings. The molecule has 7 nitrogen and oxygen atoms in total. The molecule has 1 aliphatic carbocycles. The van der Waals surface area contributed by atoms with Gasteiger partial charge in [0.15, 0.2) is 11.5 Å². The van der Waals surface area contributed by atoms with Crippen molar-refractivity contribution in [2.24, 2.45) is 5.92 Å². The van der Waals surface area contributed by atoms with Crippen molar-refractivity contribution in [2.75, 3.05) is 11.9 Å². The Hall–Kier alpha value is -4.26. The molecule has 0 unspecified atom stereocenters. The number of aromatic nitrogens is 4. The summed E-state index contributed by atoms with van der Waals surface area (Å²) in [6.45, 7) is 5.12. The molecule has 3 heterocycles. The number of imidazole rings is 1. The molecule has 0 spiro atoms.